The summed E-state index contributed by atoms with van der Waals surface area (Å²) < 4.78 is 3.12. The standard InChI is InChI=1S/C8H14BNS/c1-6-5-7(9)3-4-8(6)11-10-2/h5,7-8,10H,3-4H2,1-2H3. The van der Waals surface area contributed by atoms with Crippen molar-refractivity contribution in [2.24, 2.45) is 0 Å². The predicted octanol–water partition coefficient (Wildman–Crippen LogP) is 1.92. The van der Waals surface area contributed by atoms with Crippen LogP contribution in [0.25, 0.3) is 0 Å². The molecule has 0 spiro atoms. The molecule has 0 aromatic rings. The van der Waals surface area contributed by atoms with Gasteiger partial charge in [0, 0.05) is 5.25 Å². The van der Waals surface area contributed by atoms with Crippen molar-refractivity contribution < 1.29 is 0 Å². The molecular weight excluding hydrogens is 153 g/mol. The van der Waals surface area contributed by atoms with E-state index >= 15 is 0 Å². The summed E-state index contributed by atoms with van der Waals surface area (Å²) >= 11 is 1.79. The molecule has 1 nitrogen and oxygen atoms in total. The molecule has 1 rings (SSSR count). The maximum atomic E-state index is 5.78. The summed E-state index contributed by atoms with van der Waals surface area (Å²) in [6.45, 7) is 2.16. The van der Waals surface area contributed by atoms with Gasteiger partial charge in [0.1, 0.15) is 0 Å². The quantitative estimate of drug-likeness (QED) is 0.383. The summed E-state index contributed by atoms with van der Waals surface area (Å²) in [5, 5.41) is 0.639. The van der Waals surface area contributed by atoms with Gasteiger partial charge >= 0.3 is 0 Å². The van der Waals surface area contributed by atoms with E-state index in [0.717, 1.165) is 6.42 Å². The molecule has 2 unspecified atom stereocenters. The SMILES string of the molecule is [B]C1C=C(C)C(SNC)CC1. The molecular formula is C8H14BNS. The normalized spacial score (nSPS) is 31.6. The number of hydrogen-bond acceptors (Lipinski definition) is 2. The Bertz CT molecular complexity index is 158. The van der Waals surface area contributed by atoms with Crippen LogP contribution in [0.3, 0.4) is 0 Å². The smallest absolute Gasteiger partial charge is 0.0755 e. The summed E-state index contributed by atoms with van der Waals surface area (Å²) in [5.41, 5.74) is 1.42. The highest BCUT2D eigenvalue weighted by molar-refractivity contribution is 7.98. The summed E-state index contributed by atoms with van der Waals surface area (Å²) in [4.78, 5) is 0. The maximum absolute atomic E-state index is 5.78. The average molecular weight is 167 g/mol. The Kier molecular flexibility index (Phi) is 3.53. The van der Waals surface area contributed by atoms with E-state index in [1.54, 1.807) is 11.9 Å². The van der Waals surface area contributed by atoms with Gasteiger partial charge in [0.05, 0.1) is 7.85 Å². The van der Waals surface area contributed by atoms with E-state index in [0.29, 0.717) is 11.1 Å². The molecule has 1 aliphatic rings. The van der Waals surface area contributed by atoms with E-state index in [1.165, 1.54) is 12.0 Å². The first-order chi connectivity index (χ1) is 5.24. The molecule has 11 heavy (non-hydrogen) atoms. The summed E-state index contributed by atoms with van der Waals surface area (Å²) in [6.07, 6.45) is 4.50. The van der Waals surface area contributed by atoms with E-state index in [9.17, 15) is 0 Å². The van der Waals surface area contributed by atoms with Crippen molar-refractivity contribution in [1.82, 2.24) is 4.72 Å². The highest BCUT2D eigenvalue weighted by Crippen LogP contribution is 2.31. The van der Waals surface area contributed by atoms with E-state index in [-0.39, 0.29) is 0 Å². The fourth-order valence-corrected chi connectivity index (χ4v) is 2.20. The molecule has 0 heterocycles. The van der Waals surface area contributed by atoms with Gasteiger partial charge in [-0.15, -0.1) is 0 Å². The molecule has 0 saturated carbocycles. The molecule has 1 N–H and O–H groups in total. The van der Waals surface area contributed by atoms with Gasteiger partial charge in [-0.3, -0.25) is 4.72 Å². The Morgan fingerprint density at radius 2 is 2.36 bits per heavy atom. The molecule has 0 amide bonds. The van der Waals surface area contributed by atoms with Crippen LogP contribution in [0.15, 0.2) is 11.6 Å². The van der Waals surface area contributed by atoms with Gasteiger partial charge in [0.2, 0.25) is 0 Å². The maximum Gasteiger partial charge on any atom is 0.0755 e. The monoisotopic (exact) mass is 167 g/mol. The topological polar surface area (TPSA) is 12.0 Å². The molecule has 0 fully saturated rings. The molecule has 1 aliphatic carbocycles. The molecule has 0 aromatic carbocycles. The molecule has 60 valence electrons. The zero-order valence-corrected chi connectivity index (χ0v) is 7.95. The van der Waals surface area contributed by atoms with Gasteiger partial charge in [-0.05, 0) is 20.4 Å². The first-order valence-electron chi connectivity index (χ1n) is 4.00. The molecule has 2 atom stereocenters. The van der Waals surface area contributed by atoms with Crippen LogP contribution in [-0.2, 0) is 0 Å². The number of allylic oxidation sites excluding steroid dienone is 1. The fraction of sp³-hybridized carbons (Fsp3) is 0.750. The highest BCUT2D eigenvalue weighted by Gasteiger charge is 2.17. The Hall–Kier alpha value is 0.115. The van der Waals surface area contributed by atoms with Crippen LogP contribution in [0, 0.1) is 0 Å². The van der Waals surface area contributed by atoms with Crippen LogP contribution < -0.4 is 4.72 Å². The largest absolute Gasteiger partial charge is 0.267 e. The number of hydrogen-bond donors (Lipinski definition) is 1. The van der Waals surface area contributed by atoms with Crippen molar-refractivity contribution in [3.8, 4) is 0 Å². The zero-order valence-electron chi connectivity index (χ0n) is 7.13. The van der Waals surface area contributed by atoms with Crippen molar-refractivity contribution >= 4 is 19.8 Å². The van der Waals surface area contributed by atoms with Crippen molar-refractivity contribution in [2.45, 2.75) is 30.8 Å². The minimum absolute atomic E-state index is 0.295. The second-order valence-corrected chi connectivity index (χ2v) is 4.18. The third-order valence-electron chi connectivity index (χ3n) is 2.01. The van der Waals surface area contributed by atoms with E-state index < -0.39 is 0 Å². The summed E-state index contributed by atoms with van der Waals surface area (Å²) in [7, 11) is 7.74. The van der Waals surface area contributed by atoms with Crippen LogP contribution >= 0.6 is 11.9 Å². The second kappa shape index (κ2) is 4.22. The van der Waals surface area contributed by atoms with Crippen LogP contribution in [0.1, 0.15) is 19.8 Å². The minimum atomic E-state index is 0.295. The lowest BCUT2D eigenvalue weighted by atomic mass is 9.77. The summed E-state index contributed by atoms with van der Waals surface area (Å²) in [6, 6.07) is 0. The predicted molar refractivity (Wildman–Crippen MR) is 52.9 cm³/mol. The van der Waals surface area contributed by atoms with E-state index in [1.807, 2.05) is 7.05 Å². The van der Waals surface area contributed by atoms with Gasteiger partial charge in [0.25, 0.3) is 0 Å². The molecule has 0 aliphatic heterocycles. The van der Waals surface area contributed by atoms with Crippen molar-refractivity contribution in [2.75, 3.05) is 7.05 Å². The number of nitrogens with one attached hydrogen (secondary N) is 1. The lowest BCUT2D eigenvalue weighted by molar-refractivity contribution is 0.711. The fourth-order valence-electron chi connectivity index (χ4n) is 1.39. The molecule has 0 saturated heterocycles. The Morgan fingerprint density at radius 3 is 2.91 bits per heavy atom. The van der Waals surface area contributed by atoms with Crippen LogP contribution in [0.2, 0.25) is 5.82 Å². The third kappa shape index (κ3) is 2.56. The van der Waals surface area contributed by atoms with Gasteiger partial charge in [-0.2, -0.15) is 0 Å². The zero-order chi connectivity index (χ0) is 8.27. The Morgan fingerprint density at radius 1 is 1.64 bits per heavy atom. The number of rotatable bonds is 2. The first kappa shape index (κ1) is 9.20. The lowest BCUT2D eigenvalue weighted by Crippen LogP contribution is -2.15. The Balaban J connectivity index is 2.50. The van der Waals surface area contributed by atoms with Gasteiger partial charge in [-0.1, -0.05) is 35.8 Å². The van der Waals surface area contributed by atoms with E-state index in [4.69, 9.17) is 7.85 Å². The first-order valence-corrected chi connectivity index (χ1v) is 4.88. The third-order valence-corrected chi connectivity index (χ3v) is 3.13. The average Bonchev–Trinajstić information content (AvgIpc) is 1.95. The van der Waals surface area contributed by atoms with Crippen molar-refractivity contribution in [1.29, 1.82) is 0 Å². The van der Waals surface area contributed by atoms with Gasteiger partial charge in [0.15, 0.2) is 0 Å². The molecule has 2 radical (unpaired) electrons. The van der Waals surface area contributed by atoms with Gasteiger partial charge in [-0.25, -0.2) is 0 Å². The van der Waals surface area contributed by atoms with Gasteiger partial charge < -0.3 is 0 Å². The minimum Gasteiger partial charge on any atom is -0.267 e. The molecule has 0 bridgehead atoms. The van der Waals surface area contributed by atoms with Crippen LogP contribution in [0.4, 0.5) is 0 Å². The van der Waals surface area contributed by atoms with Crippen molar-refractivity contribution in [3.63, 3.8) is 0 Å². The highest BCUT2D eigenvalue weighted by atomic mass is 32.2. The Labute approximate surface area is 74.6 Å². The summed E-state index contributed by atoms with van der Waals surface area (Å²) in [5.74, 6) is 0.295. The lowest BCUT2D eigenvalue weighted by Gasteiger charge is -2.24. The molecule has 0 aromatic heterocycles. The van der Waals surface area contributed by atoms with Crippen LogP contribution in [0.5, 0.6) is 0 Å². The van der Waals surface area contributed by atoms with Crippen molar-refractivity contribution in [3.05, 3.63) is 11.6 Å². The van der Waals surface area contributed by atoms with E-state index in [2.05, 4.69) is 17.7 Å². The molecule has 3 heteroatoms. The second-order valence-electron chi connectivity index (χ2n) is 2.96. The van der Waals surface area contributed by atoms with Crippen LogP contribution in [-0.4, -0.2) is 20.1 Å².